The quantitative estimate of drug-likeness (QED) is 0.235. The van der Waals surface area contributed by atoms with Crippen molar-refractivity contribution in [1.82, 2.24) is 10.2 Å². The molecule has 0 unspecified atom stereocenters. The van der Waals surface area contributed by atoms with Gasteiger partial charge in [0.25, 0.3) is 0 Å². The molecule has 2 amide bonds. The zero-order valence-corrected chi connectivity index (χ0v) is 25.7. The Hall–Kier alpha value is -3.69. The Morgan fingerprint density at radius 1 is 0.829 bits per heavy atom. The molecule has 7 nitrogen and oxygen atoms in total. The number of nitrogens with zero attached hydrogens (tertiary/aromatic N) is 2. The molecule has 0 spiro atoms. The number of rotatable bonds is 11. The SMILES string of the molecule is CC(C)NC(=O)[C@H](Cc1ccccc1)N(Cc1ccc(Br)cc1)C(=O)CN(c1cccc2ccccc12)S(C)(=O)=O. The monoisotopic (exact) mass is 635 g/mol. The van der Waals surface area contributed by atoms with Crippen LogP contribution in [0.25, 0.3) is 10.8 Å². The molecule has 1 atom stereocenters. The smallest absolute Gasteiger partial charge is 0.244 e. The Morgan fingerprint density at radius 2 is 1.46 bits per heavy atom. The van der Waals surface area contributed by atoms with E-state index in [-0.39, 0.29) is 24.9 Å². The highest BCUT2D eigenvalue weighted by Gasteiger charge is 2.33. The van der Waals surface area contributed by atoms with Crippen molar-refractivity contribution < 1.29 is 18.0 Å². The van der Waals surface area contributed by atoms with E-state index < -0.39 is 28.5 Å². The van der Waals surface area contributed by atoms with Gasteiger partial charge in [-0.1, -0.05) is 94.8 Å². The summed E-state index contributed by atoms with van der Waals surface area (Å²) in [6.45, 7) is 3.40. The summed E-state index contributed by atoms with van der Waals surface area (Å²) in [5.74, 6) is -0.781. The second-order valence-corrected chi connectivity index (χ2v) is 13.1. The van der Waals surface area contributed by atoms with Crippen molar-refractivity contribution in [3.8, 4) is 0 Å². The minimum Gasteiger partial charge on any atom is -0.352 e. The predicted molar refractivity (Wildman–Crippen MR) is 168 cm³/mol. The van der Waals surface area contributed by atoms with Gasteiger partial charge in [-0.15, -0.1) is 0 Å². The van der Waals surface area contributed by atoms with Crippen LogP contribution < -0.4 is 9.62 Å². The van der Waals surface area contributed by atoms with E-state index in [4.69, 9.17) is 0 Å². The van der Waals surface area contributed by atoms with E-state index in [1.54, 1.807) is 12.1 Å². The van der Waals surface area contributed by atoms with E-state index >= 15 is 0 Å². The van der Waals surface area contributed by atoms with Crippen LogP contribution >= 0.6 is 15.9 Å². The molecule has 0 fully saturated rings. The second kappa shape index (κ2) is 13.3. The van der Waals surface area contributed by atoms with Crippen LogP contribution in [0, 0.1) is 0 Å². The zero-order valence-electron chi connectivity index (χ0n) is 23.3. The number of benzene rings is 4. The van der Waals surface area contributed by atoms with Gasteiger partial charge in [0.2, 0.25) is 21.8 Å². The van der Waals surface area contributed by atoms with E-state index in [2.05, 4.69) is 21.2 Å². The molecule has 0 saturated carbocycles. The molecule has 214 valence electrons. The fourth-order valence-electron chi connectivity index (χ4n) is 4.74. The van der Waals surface area contributed by atoms with E-state index in [0.29, 0.717) is 11.1 Å². The molecule has 1 N–H and O–H groups in total. The Bertz CT molecular complexity index is 1600. The molecule has 4 aromatic carbocycles. The summed E-state index contributed by atoms with van der Waals surface area (Å²) in [6, 6.07) is 28.8. The van der Waals surface area contributed by atoms with Gasteiger partial charge in [0.1, 0.15) is 12.6 Å². The lowest BCUT2D eigenvalue weighted by Gasteiger charge is -2.34. The van der Waals surface area contributed by atoms with Crippen molar-refractivity contribution in [1.29, 1.82) is 0 Å². The first-order valence-electron chi connectivity index (χ1n) is 13.4. The lowest BCUT2D eigenvalue weighted by molar-refractivity contribution is -0.140. The van der Waals surface area contributed by atoms with Crippen LogP contribution in [0.5, 0.6) is 0 Å². The number of nitrogens with one attached hydrogen (secondary N) is 1. The molecule has 41 heavy (non-hydrogen) atoms. The molecule has 0 aliphatic carbocycles. The molecule has 0 aliphatic heterocycles. The van der Waals surface area contributed by atoms with Crippen molar-refractivity contribution in [2.45, 2.75) is 38.9 Å². The zero-order chi connectivity index (χ0) is 29.6. The Kier molecular flexibility index (Phi) is 9.83. The summed E-state index contributed by atoms with van der Waals surface area (Å²) >= 11 is 3.45. The average molecular weight is 637 g/mol. The van der Waals surface area contributed by atoms with Crippen molar-refractivity contribution in [2.75, 3.05) is 17.1 Å². The Labute approximate surface area is 250 Å². The average Bonchev–Trinajstić information content (AvgIpc) is 2.94. The van der Waals surface area contributed by atoms with Gasteiger partial charge in [0, 0.05) is 28.9 Å². The predicted octanol–water partition coefficient (Wildman–Crippen LogP) is 5.53. The van der Waals surface area contributed by atoms with Crippen LogP contribution in [0.15, 0.2) is 102 Å². The third-order valence-corrected chi connectivity index (χ3v) is 8.34. The van der Waals surface area contributed by atoms with Gasteiger partial charge in [-0.25, -0.2) is 8.42 Å². The van der Waals surface area contributed by atoms with Crippen LogP contribution in [0.3, 0.4) is 0 Å². The van der Waals surface area contributed by atoms with Gasteiger partial charge in [0.05, 0.1) is 11.9 Å². The number of carbonyl (C=O) groups excluding carboxylic acids is 2. The van der Waals surface area contributed by atoms with Crippen molar-refractivity contribution in [2.24, 2.45) is 0 Å². The maximum absolute atomic E-state index is 14.2. The first-order valence-corrected chi connectivity index (χ1v) is 16.0. The highest BCUT2D eigenvalue weighted by Crippen LogP contribution is 2.29. The maximum atomic E-state index is 14.2. The fraction of sp³-hybridized carbons (Fsp3) is 0.250. The molecule has 4 rings (SSSR count). The topological polar surface area (TPSA) is 86.8 Å². The van der Waals surface area contributed by atoms with Gasteiger partial charge in [-0.2, -0.15) is 0 Å². The van der Waals surface area contributed by atoms with Gasteiger partial charge in [-0.3, -0.25) is 13.9 Å². The summed E-state index contributed by atoms with van der Waals surface area (Å²) in [5, 5.41) is 4.53. The fourth-order valence-corrected chi connectivity index (χ4v) is 5.87. The highest BCUT2D eigenvalue weighted by atomic mass is 79.9. The summed E-state index contributed by atoms with van der Waals surface area (Å²) in [5.41, 5.74) is 2.11. The number of anilines is 1. The van der Waals surface area contributed by atoms with Crippen LogP contribution in [-0.4, -0.2) is 50.0 Å². The van der Waals surface area contributed by atoms with Crippen LogP contribution in [0.2, 0.25) is 0 Å². The normalized spacial score (nSPS) is 12.2. The van der Waals surface area contributed by atoms with Crippen molar-refractivity contribution >= 4 is 54.2 Å². The van der Waals surface area contributed by atoms with Crippen molar-refractivity contribution in [3.05, 3.63) is 113 Å². The molecule has 0 radical (unpaired) electrons. The number of fused-ring (bicyclic) bond motifs is 1. The third-order valence-electron chi connectivity index (χ3n) is 6.68. The number of sulfonamides is 1. The van der Waals surface area contributed by atoms with Crippen LogP contribution in [-0.2, 0) is 32.6 Å². The first kappa shape index (κ1) is 30.3. The van der Waals surface area contributed by atoms with Gasteiger partial charge < -0.3 is 10.2 Å². The van der Waals surface area contributed by atoms with Gasteiger partial charge >= 0.3 is 0 Å². The largest absolute Gasteiger partial charge is 0.352 e. The molecule has 0 heterocycles. The van der Waals surface area contributed by atoms with Crippen LogP contribution in [0.1, 0.15) is 25.0 Å². The highest BCUT2D eigenvalue weighted by molar-refractivity contribution is 9.10. The standard InChI is InChI=1S/C32H34BrN3O4S/c1-23(2)34-32(38)30(20-24-10-5-4-6-11-24)35(21-25-16-18-27(33)19-17-25)31(37)22-36(41(3,39)40)29-15-9-13-26-12-7-8-14-28(26)29/h4-19,23,30H,20-22H2,1-3H3,(H,34,38)/t30-/m0/s1. The molecule has 0 aromatic heterocycles. The number of hydrogen-bond donors (Lipinski definition) is 1. The molecule has 9 heteroatoms. The number of carbonyl (C=O) groups is 2. The third kappa shape index (κ3) is 7.95. The molecule has 4 aromatic rings. The summed E-state index contributed by atoms with van der Waals surface area (Å²) < 4.78 is 28.3. The minimum absolute atomic E-state index is 0.127. The van der Waals surface area contributed by atoms with E-state index in [9.17, 15) is 18.0 Å². The van der Waals surface area contributed by atoms with Gasteiger partial charge in [0.15, 0.2) is 0 Å². The summed E-state index contributed by atoms with van der Waals surface area (Å²) in [7, 11) is -3.86. The lowest BCUT2D eigenvalue weighted by atomic mass is 10.0. The molecule has 0 saturated heterocycles. The molecule has 0 aliphatic rings. The summed E-state index contributed by atoms with van der Waals surface area (Å²) in [4.78, 5) is 29.4. The Morgan fingerprint density at radius 3 is 2.12 bits per heavy atom. The minimum atomic E-state index is -3.86. The van der Waals surface area contributed by atoms with Crippen LogP contribution in [0.4, 0.5) is 5.69 Å². The Balaban J connectivity index is 1.78. The first-order chi connectivity index (χ1) is 19.5. The van der Waals surface area contributed by atoms with Gasteiger partial charge in [-0.05, 0) is 48.6 Å². The lowest BCUT2D eigenvalue weighted by Crippen LogP contribution is -2.54. The number of amides is 2. The molecular weight excluding hydrogens is 602 g/mol. The number of halogens is 1. The van der Waals surface area contributed by atoms with Crippen molar-refractivity contribution in [3.63, 3.8) is 0 Å². The summed E-state index contributed by atoms with van der Waals surface area (Å²) in [6.07, 6.45) is 1.36. The number of hydrogen-bond acceptors (Lipinski definition) is 4. The van der Waals surface area contributed by atoms with E-state index in [1.807, 2.05) is 98.8 Å². The van der Waals surface area contributed by atoms with E-state index in [0.717, 1.165) is 31.5 Å². The molecular formula is C32H34BrN3O4S. The maximum Gasteiger partial charge on any atom is 0.244 e. The molecule has 0 bridgehead atoms. The second-order valence-electron chi connectivity index (χ2n) is 10.3. The van der Waals surface area contributed by atoms with E-state index in [1.165, 1.54) is 4.90 Å².